The van der Waals surface area contributed by atoms with E-state index >= 15 is 0 Å². The molecule has 0 radical (unpaired) electrons. The number of anilines is 1. The number of methoxy groups -OCH3 is 1. The van der Waals surface area contributed by atoms with Crippen LogP contribution in [0.4, 0.5) is 5.69 Å². The molecule has 1 rings (SSSR count). The standard InChI is InChI=1S/C6H7IN2O/c1-10-6-4(8)2-3-5(7)9-6/h2-3H,8H2,1H3. The van der Waals surface area contributed by atoms with Crippen molar-refractivity contribution in [3.8, 4) is 5.88 Å². The normalized spacial score (nSPS) is 9.40. The van der Waals surface area contributed by atoms with Gasteiger partial charge in [0.15, 0.2) is 0 Å². The van der Waals surface area contributed by atoms with E-state index in [1.165, 1.54) is 0 Å². The van der Waals surface area contributed by atoms with Crippen molar-refractivity contribution >= 4 is 28.3 Å². The van der Waals surface area contributed by atoms with E-state index in [9.17, 15) is 0 Å². The maximum atomic E-state index is 5.51. The summed E-state index contributed by atoms with van der Waals surface area (Å²) in [7, 11) is 1.55. The molecule has 0 aliphatic rings. The van der Waals surface area contributed by atoms with Gasteiger partial charge in [0.25, 0.3) is 0 Å². The number of pyridine rings is 1. The van der Waals surface area contributed by atoms with Crippen molar-refractivity contribution in [3.63, 3.8) is 0 Å². The third-order valence-corrected chi connectivity index (χ3v) is 1.65. The third-order valence-electron chi connectivity index (χ3n) is 1.05. The molecule has 0 spiro atoms. The van der Waals surface area contributed by atoms with Crippen molar-refractivity contribution in [2.24, 2.45) is 0 Å². The van der Waals surface area contributed by atoms with Gasteiger partial charge in [-0.05, 0) is 34.7 Å². The number of halogens is 1. The molecule has 3 nitrogen and oxygen atoms in total. The molecule has 4 heteroatoms. The number of hydrogen-bond acceptors (Lipinski definition) is 3. The van der Waals surface area contributed by atoms with Crippen LogP contribution in [0.3, 0.4) is 0 Å². The van der Waals surface area contributed by atoms with Gasteiger partial charge >= 0.3 is 0 Å². The fraction of sp³-hybridized carbons (Fsp3) is 0.167. The van der Waals surface area contributed by atoms with E-state index in [1.807, 2.05) is 6.07 Å². The van der Waals surface area contributed by atoms with Gasteiger partial charge < -0.3 is 10.5 Å². The molecule has 0 unspecified atom stereocenters. The average Bonchev–Trinajstić information content (AvgIpc) is 1.94. The predicted octanol–water partition coefficient (Wildman–Crippen LogP) is 1.28. The molecule has 1 aromatic rings. The summed E-state index contributed by atoms with van der Waals surface area (Å²) in [4.78, 5) is 4.03. The van der Waals surface area contributed by atoms with Gasteiger partial charge in [-0.3, -0.25) is 0 Å². The van der Waals surface area contributed by atoms with Gasteiger partial charge in [0.1, 0.15) is 3.70 Å². The minimum absolute atomic E-state index is 0.493. The molecule has 0 saturated carbocycles. The highest BCUT2D eigenvalue weighted by atomic mass is 127. The Kier molecular flexibility index (Phi) is 2.31. The molecule has 0 atom stereocenters. The van der Waals surface area contributed by atoms with Crippen LogP contribution in [0.2, 0.25) is 0 Å². The van der Waals surface area contributed by atoms with Gasteiger partial charge in [0, 0.05) is 0 Å². The summed E-state index contributed by atoms with van der Waals surface area (Å²) < 4.78 is 5.76. The quantitative estimate of drug-likeness (QED) is 0.603. The van der Waals surface area contributed by atoms with Crippen LogP contribution >= 0.6 is 22.6 Å². The van der Waals surface area contributed by atoms with Crippen LogP contribution in [0.5, 0.6) is 5.88 Å². The summed E-state index contributed by atoms with van der Waals surface area (Å²) in [6.07, 6.45) is 0. The van der Waals surface area contributed by atoms with Crippen LogP contribution in [0.15, 0.2) is 12.1 Å². The maximum absolute atomic E-state index is 5.51. The van der Waals surface area contributed by atoms with Gasteiger partial charge in [0.2, 0.25) is 5.88 Å². The van der Waals surface area contributed by atoms with Gasteiger partial charge in [-0.2, -0.15) is 0 Å². The van der Waals surface area contributed by atoms with Crippen LogP contribution in [0.1, 0.15) is 0 Å². The highest BCUT2D eigenvalue weighted by Crippen LogP contribution is 2.17. The second kappa shape index (κ2) is 3.05. The highest BCUT2D eigenvalue weighted by Gasteiger charge is 1.98. The summed E-state index contributed by atoms with van der Waals surface area (Å²) in [6, 6.07) is 3.60. The molecule has 0 fully saturated rings. The van der Waals surface area contributed by atoms with Gasteiger partial charge in [0.05, 0.1) is 12.8 Å². The lowest BCUT2D eigenvalue weighted by Crippen LogP contribution is -1.95. The summed E-state index contributed by atoms with van der Waals surface area (Å²) in [6.45, 7) is 0. The Morgan fingerprint density at radius 3 is 2.80 bits per heavy atom. The number of nitrogens with zero attached hydrogens (tertiary/aromatic N) is 1. The fourth-order valence-electron chi connectivity index (χ4n) is 0.592. The first-order chi connectivity index (χ1) is 4.74. The van der Waals surface area contributed by atoms with Crippen LogP contribution in [-0.4, -0.2) is 12.1 Å². The Morgan fingerprint density at radius 2 is 2.30 bits per heavy atom. The van der Waals surface area contributed by atoms with Crippen molar-refractivity contribution in [1.29, 1.82) is 0 Å². The summed E-state index contributed by atoms with van der Waals surface area (Å²) in [5.41, 5.74) is 6.08. The second-order valence-electron chi connectivity index (χ2n) is 1.73. The van der Waals surface area contributed by atoms with Crippen molar-refractivity contribution in [2.45, 2.75) is 0 Å². The number of ether oxygens (including phenoxy) is 1. The molecule has 1 heterocycles. The first kappa shape index (κ1) is 7.59. The predicted molar refractivity (Wildman–Crippen MR) is 47.9 cm³/mol. The lowest BCUT2D eigenvalue weighted by Gasteiger charge is -2.01. The fourth-order valence-corrected chi connectivity index (χ4v) is 0.991. The van der Waals surface area contributed by atoms with Crippen LogP contribution in [-0.2, 0) is 0 Å². The summed E-state index contributed by atoms with van der Waals surface area (Å²) >= 11 is 2.10. The Balaban J connectivity index is 3.09. The summed E-state index contributed by atoms with van der Waals surface area (Å²) in [5.74, 6) is 0.493. The number of nitrogens with two attached hydrogens (primary N) is 1. The van der Waals surface area contributed by atoms with Crippen LogP contribution in [0, 0.1) is 3.70 Å². The highest BCUT2D eigenvalue weighted by molar-refractivity contribution is 14.1. The number of aromatic nitrogens is 1. The zero-order chi connectivity index (χ0) is 7.56. The van der Waals surface area contributed by atoms with Gasteiger partial charge in [-0.25, -0.2) is 4.98 Å². The third kappa shape index (κ3) is 1.50. The lowest BCUT2D eigenvalue weighted by molar-refractivity contribution is 0.399. The Hall–Kier alpha value is -0.520. The van der Waals surface area contributed by atoms with E-state index in [0.717, 1.165) is 3.70 Å². The van der Waals surface area contributed by atoms with E-state index in [2.05, 4.69) is 27.6 Å². The summed E-state index contributed by atoms with van der Waals surface area (Å²) in [5, 5.41) is 0. The van der Waals surface area contributed by atoms with Crippen molar-refractivity contribution in [1.82, 2.24) is 4.98 Å². The molecule has 10 heavy (non-hydrogen) atoms. The molecule has 0 aliphatic heterocycles. The molecule has 54 valence electrons. The van der Waals surface area contributed by atoms with Crippen LogP contribution in [0.25, 0.3) is 0 Å². The number of rotatable bonds is 1. The molecular weight excluding hydrogens is 243 g/mol. The zero-order valence-corrected chi connectivity index (χ0v) is 7.62. The maximum Gasteiger partial charge on any atom is 0.237 e. The van der Waals surface area contributed by atoms with E-state index in [4.69, 9.17) is 10.5 Å². The Morgan fingerprint density at radius 1 is 1.60 bits per heavy atom. The molecule has 1 aromatic heterocycles. The molecule has 0 aliphatic carbocycles. The SMILES string of the molecule is COc1nc(I)ccc1N. The minimum Gasteiger partial charge on any atom is -0.480 e. The number of hydrogen-bond donors (Lipinski definition) is 1. The van der Waals surface area contributed by atoms with Gasteiger partial charge in [-0.15, -0.1) is 0 Å². The molecule has 0 aromatic carbocycles. The molecule has 0 saturated heterocycles. The molecule has 0 bridgehead atoms. The first-order valence-corrected chi connectivity index (χ1v) is 3.78. The molecular formula is C6H7IN2O. The monoisotopic (exact) mass is 250 g/mol. The van der Waals surface area contributed by atoms with E-state index in [0.29, 0.717) is 11.6 Å². The van der Waals surface area contributed by atoms with Crippen LogP contribution < -0.4 is 10.5 Å². The van der Waals surface area contributed by atoms with E-state index < -0.39 is 0 Å². The van der Waals surface area contributed by atoms with Crippen molar-refractivity contribution < 1.29 is 4.74 Å². The minimum atomic E-state index is 0.493. The molecule has 2 N–H and O–H groups in total. The largest absolute Gasteiger partial charge is 0.480 e. The topological polar surface area (TPSA) is 48.1 Å². The molecule has 0 amide bonds. The lowest BCUT2D eigenvalue weighted by atomic mass is 10.4. The number of nitrogen functional groups attached to an aromatic ring is 1. The Labute approximate surface area is 72.7 Å². The van der Waals surface area contributed by atoms with E-state index in [-0.39, 0.29) is 0 Å². The van der Waals surface area contributed by atoms with Gasteiger partial charge in [-0.1, -0.05) is 0 Å². The van der Waals surface area contributed by atoms with Crippen molar-refractivity contribution in [2.75, 3.05) is 12.8 Å². The zero-order valence-electron chi connectivity index (χ0n) is 5.47. The smallest absolute Gasteiger partial charge is 0.237 e. The second-order valence-corrected chi connectivity index (χ2v) is 2.84. The van der Waals surface area contributed by atoms with E-state index in [1.54, 1.807) is 13.2 Å². The van der Waals surface area contributed by atoms with Crippen molar-refractivity contribution in [3.05, 3.63) is 15.8 Å². The first-order valence-electron chi connectivity index (χ1n) is 2.70. The Bertz CT molecular complexity index is 239. The average molecular weight is 250 g/mol.